The van der Waals surface area contributed by atoms with Gasteiger partial charge in [-0.15, -0.1) is 0 Å². The van der Waals surface area contributed by atoms with E-state index < -0.39 is 23.1 Å². The second-order valence-corrected chi connectivity index (χ2v) is 2.65. The first kappa shape index (κ1) is 9.59. The highest BCUT2D eigenvalue weighted by Gasteiger charge is 2.20. The molecule has 0 heterocycles. The number of hydrogen-bond donors (Lipinski definition) is 0. The summed E-state index contributed by atoms with van der Waals surface area (Å²) in [6.07, 6.45) is 0. The predicted octanol–water partition coefficient (Wildman–Crippen LogP) is 3.27. The molecule has 1 nitrogen and oxygen atoms in total. The lowest BCUT2D eigenvalue weighted by Gasteiger charge is -2.06. The summed E-state index contributed by atoms with van der Waals surface area (Å²) in [7, 11) is 0. The minimum Gasteiger partial charge on any atom is -0.232 e. The molecule has 13 heavy (non-hydrogen) atoms. The summed E-state index contributed by atoms with van der Waals surface area (Å²) >= 11 is 0. The number of nitrogens with zero attached hydrogens (tertiary/aromatic N) is 1. The van der Waals surface area contributed by atoms with Gasteiger partial charge in [-0.3, -0.25) is 0 Å². The molecule has 0 radical (unpaired) electrons. The summed E-state index contributed by atoms with van der Waals surface area (Å²) < 4.78 is 38.9. The second-order valence-electron chi connectivity index (χ2n) is 2.65. The maximum Gasteiger partial charge on any atom is 0.260 e. The lowest BCUT2D eigenvalue weighted by atomic mass is 10.1. The average molecular weight is 185 g/mol. The fourth-order valence-corrected chi connectivity index (χ4v) is 0.970. The van der Waals surface area contributed by atoms with Crippen molar-refractivity contribution in [3.8, 4) is 0 Å². The van der Waals surface area contributed by atoms with Gasteiger partial charge in [0.15, 0.2) is 11.6 Å². The van der Waals surface area contributed by atoms with Gasteiger partial charge < -0.3 is 0 Å². The van der Waals surface area contributed by atoms with Crippen LogP contribution in [0, 0.1) is 37.9 Å². The van der Waals surface area contributed by atoms with Crippen molar-refractivity contribution in [1.82, 2.24) is 0 Å². The molecule has 0 saturated carbocycles. The zero-order valence-electron chi connectivity index (χ0n) is 7.08. The van der Waals surface area contributed by atoms with E-state index in [1.54, 1.807) is 0 Å². The maximum absolute atomic E-state index is 13.1. The highest BCUT2D eigenvalue weighted by Crippen LogP contribution is 2.29. The fourth-order valence-electron chi connectivity index (χ4n) is 0.970. The van der Waals surface area contributed by atoms with E-state index in [4.69, 9.17) is 6.57 Å². The number of rotatable bonds is 0. The van der Waals surface area contributed by atoms with Crippen molar-refractivity contribution in [3.05, 3.63) is 40.0 Å². The van der Waals surface area contributed by atoms with Gasteiger partial charge in [-0.25, -0.2) is 18.0 Å². The Morgan fingerprint density at radius 2 is 1.38 bits per heavy atom. The molecule has 0 aliphatic heterocycles. The molecule has 0 aromatic heterocycles. The summed E-state index contributed by atoms with van der Waals surface area (Å²) in [5.41, 5.74) is -0.993. The fraction of sp³-hybridized carbons (Fsp3) is 0.222. The second kappa shape index (κ2) is 3.09. The molecule has 1 rings (SSSR count). The van der Waals surface area contributed by atoms with E-state index in [-0.39, 0.29) is 11.1 Å². The molecule has 1 aromatic rings. The van der Waals surface area contributed by atoms with Crippen LogP contribution < -0.4 is 0 Å². The van der Waals surface area contributed by atoms with Gasteiger partial charge in [0.25, 0.3) is 5.69 Å². The van der Waals surface area contributed by atoms with E-state index in [2.05, 4.69) is 4.85 Å². The van der Waals surface area contributed by atoms with Gasteiger partial charge in [0, 0.05) is 0 Å². The average Bonchev–Trinajstić information content (AvgIpc) is 2.13. The van der Waals surface area contributed by atoms with Crippen LogP contribution in [0.25, 0.3) is 4.85 Å². The SMILES string of the molecule is [C-]#[N+]c1c(F)c(C)c(C)c(F)c1F. The van der Waals surface area contributed by atoms with Gasteiger partial charge in [-0.05, 0) is 25.0 Å². The van der Waals surface area contributed by atoms with E-state index in [0.717, 1.165) is 0 Å². The summed E-state index contributed by atoms with van der Waals surface area (Å²) in [5, 5.41) is 0. The Hall–Kier alpha value is -1.50. The van der Waals surface area contributed by atoms with Crippen LogP contribution in [0.5, 0.6) is 0 Å². The Kier molecular flexibility index (Phi) is 2.28. The van der Waals surface area contributed by atoms with E-state index >= 15 is 0 Å². The molecule has 0 saturated heterocycles. The standard InChI is InChI=1S/C9H6F3N/c1-4-5(2)7(11)9(13-3)8(12)6(4)10/h1-2H3. The third kappa shape index (κ3) is 1.26. The van der Waals surface area contributed by atoms with Crippen LogP contribution in [0.2, 0.25) is 0 Å². The summed E-state index contributed by atoms with van der Waals surface area (Å²) in [6.45, 7) is 9.04. The van der Waals surface area contributed by atoms with Gasteiger partial charge in [-0.2, -0.15) is 0 Å². The highest BCUT2D eigenvalue weighted by molar-refractivity contribution is 5.52. The largest absolute Gasteiger partial charge is 0.260 e. The van der Waals surface area contributed by atoms with Gasteiger partial charge >= 0.3 is 0 Å². The van der Waals surface area contributed by atoms with Crippen LogP contribution in [0.3, 0.4) is 0 Å². The molecule has 0 unspecified atom stereocenters. The molecular formula is C9H6F3N. The van der Waals surface area contributed by atoms with E-state index in [9.17, 15) is 13.2 Å². The molecule has 0 atom stereocenters. The number of benzene rings is 1. The molecule has 0 bridgehead atoms. The van der Waals surface area contributed by atoms with Crippen LogP contribution in [0.1, 0.15) is 11.1 Å². The summed E-state index contributed by atoms with van der Waals surface area (Å²) in [5.74, 6) is -3.54. The van der Waals surface area contributed by atoms with Crippen LogP contribution >= 0.6 is 0 Å². The first-order valence-corrected chi connectivity index (χ1v) is 3.51. The van der Waals surface area contributed by atoms with Crippen molar-refractivity contribution in [2.75, 3.05) is 0 Å². The molecule has 0 N–H and O–H groups in total. The minimum absolute atomic E-state index is 0.0232. The molecule has 68 valence electrons. The van der Waals surface area contributed by atoms with E-state index in [1.807, 2.05) is 0 Å². The van der Waals surface area contributed by atoms with Crippen LogP contribution in [-0.2, 0) is 0 Å². The van der Waals surface area contributed by atoms with Gasteiger partial charge in [-0.1, -0.05) is 0 Å². The Balaban J connectivity index is 3.69. The van der Waals surface area contributed by atoms with Crippen LogP contribution in [-0.4, -0.2) is 0 Å². The van der Waals surface area contributed by atoms with Gasteiger partial charge in [0.1, 0.15) is 5.82 Å². The zero-order valence-corrected chi connectivity index (χ0v) is 7.08. The zero-order chi connectivity index (χ0) is 10.2. The van der Waals surface area contributed by atoms with E-state index in [1.165, 1.54) is 13.8 Å². The third-order valence-electron chi connectivity index (χ3n) is 1.94. The van der Waals surface area contributed by atoms with Gasteiger partial charge in [0.2, 0.25) is 0 Å². The lowest BCUT2D eigenvalue weighted by molar-refractivity contribution is 0.492. The van der Waals surface area contributed by atoms with Crippen molar-refractivity contribution in [2.45, 2.75) is 13.8 Å². The van der Waals surface area contributed by atoms with Crippen molar-refractivity contribution < 1.29 is 13.2 Å². The van der Waals surface area contributed by atoms with Crippen molar-refractivity contribution >= 4 is 5.69 Å². The van der Waals surface area contributed by atoms with Crippen molar-refractivity contribution in [3.63, 3.8) is 0 Å². The topological polar surface area (TPSA) is 4.36 Å². The molecule has 0 amide bonds. The van der Waals surface area contributed by atoms with E-state index in [0.29, 0.717) is 0 Å². The summed E-state index contributed by atoms with van der Waals surface area (Å²) in [4.78, 5) is 2.59. The van der Waals surface area contributed by atoms with Gasteiger partial charge in [0.05, 0.1) is 6.57 Å². The Labute approximate surface area is 73.6 Å². The molecule has 0 aliphatic carbocycles. The Bertz CT molecular complexity index is 375. The summed E-state index contributed by atoms with van der Waals surface area (Å²) in [6, 6.07) is 0. The third-order valence-corrected chi connectivity index (χ3v) is 1.94. The maximum atomic E-state index is 13.1. The molecule has 0 spiro atoms. The molecule has 0 aliphatic rings. The minimum atomic E-state index is -1.41. The monoisotopic (exact) mass is 185 g/mol. The van der Waals surface area contributed by atoms with Crippen molar-refractivity contribution in [2.24, 2.45) is 0 Å². The normalized spacial score (nSPS) is 9.85. The predicted molar refractivity (Wildman–Crippen MR) is 42.1 cm³/mol. The Morgan fingerprint density at radius 1 is 0.923 bits per heavy atom. The van der Waals surface area contributed by atoms with Crippen LogP contribution in [0.4, 0.5) is 18.9 Å². The first-order chi connectivity index (χ1) is 6.00. The molecule has 4 heteroatoms. The first-order valence-electron chi connectivity index (χ1n) is 3.51. The quantitative estimate of drug-likeness (QED) is 0.431. The lowest BCUT2D eigenvalue weighted by Crippen LogP contribution is -1.97. The molecule has 0 fully saturated rings. The smallest absolute Gasteiger partial charge is 0.232 e. The van der Waals surface area contributed by atoms with Crippen molar-refractivity contribution in [1.29, 1.82) is 0 Å². The number of halogens is 3. The molecular weight excluding hydrogens is 179 g/mol. The van der Waals surface area contributed by atoms with Crippen LogP contribution in [0.15, 0.2) is 0 Å². The highest BCUT2D eigenvalue weighted by atomic mass is 19.2. The Morgan fingerprint density at radius 3 is 1.85 bits per heavy atom. The number of hydrogen-bond acceptors (Lipinski definition) is 0. The molecule has 1 aromatic carbocycles.